The SMILES string of the molecule is NCCCCC(=O)Nc1ccc(C(=O)NC2CC2)cc1. The number of carbonyl (C=O) groups excluding carboxylic acids is 2. The monoisotopic (exact) mass is 275 g/mol. The van der Waals surface area contributed by atoms with Gasteiger partial charge >= 0.3 is 0 Å². The number of nitrogens with two attached hydrogens (primary N) is 1. The maximum Gasteiger partial charge on any atom is 0.251 e. The predicted molar refractivity (Wildman–Crippen MR) is 78.5 cm³/mol. The zero-order chi connectivity index (χ0) is 14.4. The molecule has 0 aliphatic heterocycles. The van der Waals surface area contributed by atoms with Crippen LogP contribution in [0.5, 0.6) is 0 Å². The lowest BCUT2D eigenvalue weighted by atomic mass is 10.2. The summed E-state index contributed by atoms with van der Waals surface area (Å²) in [7, 11) is 0. The summed E-state index contributed by atoms with van der Waals surface area (Å²) in [6.45, 7) is 0.609. The van der Waals surface area contributed by atoms with Crippen molar-refractivity contribution in [2.24, 2.45) is 5.73 Å². The lowest BCUT2D eigenvalue weighted by Crippen LogP contribution is -2.25. The van der Waals surface area contributed by atoms with Crippen LogP contribution in [-0.2, 0) is 4.79 Å². The maximum atomic E-state index is 11.8. The van der Waals surface area contributed by atoms with Gasteiger partial charge in [-0.05, 0) is 56.5 Å². The molecule has 0 heterocycles. The highest BCUT2D eigenvalue weighted by Gasteiger charge is 2.23. The smallest absolute Gasteiger partial charge is 0.251 e. The third-order valence-corrected chi connectivity index (χ3v) is 3.20. The normalized spacial score (nSPS) is 13.8. The van der Waals surface area contributed by atoms with Gasteiger partial charge in [0.2, 0.25) is 5.91 Å². The number of amides is 2. The zero-order valence-corrected chi connectivity index (χ0v) is 11.5. The van der Waals surface area contributed by atoms with E-state index in [0.717, 1.165) is 25.7 Å². The molecule has 0 bridgehead atoms. The summed E-state index contributed by atoms with van der Waals surface area (Å²) in [6, 6.07) is 7.32. The first-order valence-corrected chi connectivity index (χ1v) is 7.10. The van der Waals surface area contributed by atoms with Crippen LogP contribution in [0.4, 0.5) is 5.69 Å². The van der Waals surface area contributed by atoms with Gasteiger partial charge in [-0.15, -0.1) is 0 Å². The van der Waals surface area contributed by atoms with E-state index in [2.05, 4.69) is 10.6 Å². The molecule has 20 heavy (non-hydrogen) atoms. The largest absolute Gasteiger partial charge is 0.349 e. The van der Waals surface area contributed by atoms with Crippen molar-refractivity contribution in [3.8, 4) is 0 Å². The molecule has 0 unspecified atom stereocenters. The van der Waals surface area contributed by atoms with Gasteiger partial charge in [0.1, 0.15) is 0 Å². The number of unbranched alkanes of at least 4 members (excludes halogenated alkanes) is 1. The molecule has 1 aromatic rings. The van der Waals surface area contributed by atoms with Gasteiger partial charge in [-0.2, -0.15) is 0 Å². The van der Waals surface area contributed by atoms with E-state index in [9.17, 15) is 9.59 Å². The van der Waals surface area contributed by atoms with E-state index in [-0.39, 0.29) is 11.8 Å². The van der Waals surface area contributed by atoms with Crippen LogP contribution in [0.2, 0.25) is 0 Å². The molecule has 0 aromatic heterocycles. The molecular weight excluding hydrogens is 254 g/mol. The van der Waals surface area contributed by atoms with Gasteiger partial charge in [0.25, 0.3) is 5.91 Å². The summed E-state index contributed by atoms with van der Waals surface area (Å²) in [5.74, 6) is -0.0676. The number of carbonyl (C=O) groups is 2. The number of rotatable bonds is 7. The van der Waals surface area contributed by atoms with Crippen molar-refractivity contribution in [3.63, 3.8) is 0 Å². The molecule has 0 saturated heterocycles. The van der Waals surface area contributed by atoms with Gasteiger partial charge in [0.15, 0.2) is 0 Å². The summed E-state index contributed by atoms with van der Waals surface area (Å²) in [5, 5.41) is 5.74. The lowest BCUT2D eigenvalue weighted by molar-refractivity contribution is -0.116. The van der Waals surface area contributed by atoms with E-state index in [4.69, 9.17) is 5.73 Å². The second kappa shape index (κ2) is 7.05. The minimum Gasteiger partial charge on any atom is -0.349 e. The van der Waals surface area contributed by atoms with E-state index >= 15 is 0 Å². The number of anilines is 1. The number of benzene rings is 1. The van der Waals surface area contributed by atoms with Crippen LogP contribution in [0.25, 0.3) is 0 Å². The molecule has 2 rings (SSSR count). The van der Waals surface area contributed by atoms with Crippen LogP contribution in [0, 0.1) is 0 Å². The Balaban J connectivity index is 1.81. The zero-order valence-electron chi connectivity index (χ0n) is 11.5. The van der Waals surface area contributed by atoms with E-state index in [1.165, 1.54) is 0 Å². The Hall–Kier alpha value is -1.88. The van der Waals surface area contributed by atoms with Crippen LogP contribution in [0.15, 0.2) is 24.3 Å². The second-order valence-electron chi connectivity index (χ2n) is 5.12. The summed E-state index contributed by atoms with van der Waals surface area (Å²) in [5.41, 5.74) is 6.72. The summed E-state index contributed by atoms with van der Waals surface area (Å²) < 4.78 is 0. The molecule has 5 nitrogen and oxygen atoms in total. The van der Waals surface area contributed by atoms with Crippen molar-refractivity contribution in [2.45, 2.75) is 38.1 Å². The molecule has 4 N–H and O–H groups in total. The number of nitrogens with one attached hydrogen (secondary N) is 2. The van der Waals surface area contributed by atoms with Gasteiger partial charge in [-0.3, -0.25) is 9.59 Å². The van der Waals surface area contributed by atoms with Gasteiger partial charge in [0.05, 0.1) is 0 Å². The van der Waals surface area contributed by atoms with Gasteiger partial charge in [0, 0.05) is 23.7 Å². The fourth-order valence-electron chi connectivity index (χ4n) is 1.85. The molecule has 108 valence electrons. The van der Waals surface area contributed by atoms with E-state index in [1.807, 2.05) is 0 Å². The Bertz CT molecular complexity index is 467. The Labute approximate surface area is 118 Å². The van der Waals surface area contributed by atoms with Crippen LogP contribution in [0.1, 0.15) is 42.5 Å². The third-order valence-electron chi connectivity index (χ3n) is 3.20. The Morgan fingerprint density at radius 1 is 1.15 bits per heavy atom. The first kappa shape index (κ1) is 14.5. The van der Waals surface area contributed by atoms with Gasteiger partial charge in [-0.1, -0.05) is 0 Å². The van der Waals surface area contributed by atoms with Crippen LogP contribution >= 0.6 is 0 Å². The minimum atomic E-state index is -0.0478. The average Bonchev–Trinajstić information content (AvgIpc) is 3.24. The predicted octanol–water partition coefficient (Wildman–Crippen LogP) is 1.65. The molecule has 1 fully saturated rings. The fraction of sp³-hybridized carbons (Fsp3) is 0.467. The van der Waals surface area contributed by atoms with Crippen LogP contribution in [0.3, 0.4) is 0 Å². The van der Waals surface area contributed by atoms with Gasteiger partial charge < -0.3 is 16.4 Å². The molecule has 5 heteroatoms. The molecule has 1 aliphatic rings. The molecule has 0 spiro atoms. The minimum absolute atomic E-state index is 0.0198. The van der Waals surface area contributed by atoms with Crippen molar-refractivity contribution in [1.82, 2.24) is 5.32 Å². The summed E-state index contributed by atoms with van der Waals surface area (Å²) in [6.07, 6.45) is 4.27. The molecule has 0 radical (unpaired) electrons. The first-order valence-electron chi connectivity index (χ1n) is 7.10. The van der Waals surface area contributed by atoms with Crippen molar-refractivity contribution >= 4 is 17.5 Å². The van der Waals surface area contributed by atoms with Crippen molar-refractivity contribution in [1.29, 1.82) is 0 Å². The van der Waals surface area contributed by atoms with Crippen LogP contribution in [-0.4, -0.2) is 24.4 Å². The summed E-state index contributed by atoms with van der Waals surface area (Å²) >= 11 is 0. The lowest BCUT2D eigenvalue weighted by Gasteiger charge is -2.07. The van der Waals surface area contributed by atoms with Crippen molar-refractivity contribution in [2.75, 3.05) is 11.9 Å². The highest BCUT2D eigenvalue weighted by molar-refractivity contribution is 5.96. The molecule has 1 saturated carbocycles. The highest BCUT2D eigenvalue weighted by atomic mass is 16.2. The standard InChI is InChI=1S/C15H21N3O2/c16-10-2-1-3-14(19)17-12-6-4-11(5-7-12)15(20)18-13-8-9-13/h4-7,13H,1-3,8-10,16H2,(H,17,19)(H,18,20). The topological polar surface area (TPSA) is 84.2 Å². The quantitative estimate of drug-likeness (QED) is 0.661. The molecule has 0 atom stereocenters. The first-order chi connectivity index (χ1) is 9.69. The average molecular weight is 275 g/mol. The van der Waals surface area contributed by atoms with E-state index in [1.54, 1.807) is 24.3 Å². The maximum absolute atomic E-state index is 11.8. The Morgan fingerprint density at radius 2 is 1.85 bits per heavy atom. The van der Waals surface area contributed by atoms with E-state index in [0.29, 0.717) is 30.3 Å². The van der Waals surface area contributed by atoms with Crippen molar-refractivity contribution in [3.05, 3.63) is 29.8 Å². The number of hydrogen-bond donors (Lipinski definition) is 3. The third kappa shape index (κ3) is 4.66. The molecule has 1 aromatic carbocycles. The summed E-state index contributed by atoms with van der Waals surface area (Å²) in [4.78, 5) is 23.4. The van der Waals surface area contributed by atoms with Crippen molar-refractivity contribution < 1.29 is 9.59 Å². The Morgan fingerprint density at radius 3 is 2.45 bits per heavy atom. The molecule has 2 amide bonds. The van der Waals surface area contributed by atoms with E-state index < -0.39 is 0 Å². The van der Waals surface area contributed by atoms with Gasteiger partial charge in [-0.25, -0.2) is 0 Å². The highest BCUT2D eigenvalue weighted by Crippen LogP contribution is 2.19. The fourth-order valence-corrected chi connectivity index (χ4v) is 1.85. The number of hydrogen-bond acceptors (Lipinski definition) is 3. The second-order valence-corrected chi connectivity index (χ2v) is 5.12. The molecule has 1 aliphatic carbocycles. The van der Waals surface area contributed by atoms with Crippen LogP contribution < -0.4 is 16.4 Å². The molecular formula is C15H21N3O2. The Kier molecular flexibility index (Phi) is 5.12.